The SMILES string of the molecule is CN(CC1C2CN(Cc3ccccc3)C[C@H]21)c1ncnc2[nH]ccc12. The first-order chi connectivity index (χ1) is 12.3. The number of aromatic amines is 1. The van der Waals surface area contributed by atoms with E-state index in [9.17, 15) is 0 Å². The Morgan fingerprint density at radius 3 is 2.72 bits per heavy atom. The number of nitrogens with zero attached hydrogens (tertiary/aromatic N) is 4. The van der Waals surface area contributed by atoms with Gasteiger partial charge in [0, 0.05) is 39.4 Å². The molecule has 5 nitrogen and oxygen atoms in total. The first-order valence-corrected chi connectivity index (χ1v) is 9.05. The Kier molecular flexibility index (Phi) is 3.48. The van der Waals surface area contributed by atoms with Crippen molar-refractivity contribution in [2.24, 2.45) is 17.8 Å². The zero-order valence-electron chi connectivity index (χ0n) is 14.5. The van der Waals surface area contributed by atoms with Crippen molar-refractivity contribution in [3.05, 3.63) is 54.5 Å². The first kappa shape index (κ1) is 14.9. The lowest BCUT2D eigenvalue weighted by molar-refractivity contribution is 0.278. The summed E-state index contributed by atoms with van der Waals surface area (Å²) in [6.45, 7) is 4.65. The number of aromatic nitrogens is 3. The van der Waals surface area contributed by atoms with Crippen molar-refractivity contribution >= 4 is 16.9 Å². The standard InChI is InChI=1S/C20H23N5/c1-24(20-15-7-8-21-19(15)22-13-23-20)10-16-17-11-25(12-18(16)17)9-14-5-3-2-4-6-14/h2-8,13,16-18H,9-12H2,1H3,(H,21,22,23)/t16?,17-,18?/m0/s1. The van der Waals surface area contributed by atoms with E-state index in [-0.39, 0.29) is 0 Å². The molecule has 25 heavy (non-hydrogen) atoms. The van der Waals surface area contributed by atoms with E-state index in [1.54, 1.807) is 6.33 Å². The van der Waals surface area contributed by atoms with Crippen LogP contribution in [0.1, 0.15) is 5.56 Å². The fourth-order valence-electron chi connectivity index (χ4n) is 4.54. The molecule has 5 rings (SSSR count). The third-order valence-corrected chi connectivity index (χ3v) is 5.88. The smallest absolute Gasteiger partial charge is 0.142 e. The van der Waals surface area contributed by atoms with Gasteiger partial charge in [0.1, 0.15) is 17.8 Å². The van der Waals surface area contributed by atoms with E-state index in [0.29, 0.717) is 0 Å². The fourth-order valence-corrected chi connectivity index (χ4v) is 4.54. The maximum absolute atomic E-state index is 4.51. The van der Waals surface area contributed by atoms with Crippen LogP contribution in [-0.2, 0) is 6.54 Å². The average Bonchev–Trinajstić information content (AvgIpc) is 3.01. The molecule has 0 amide bonds. The highest BCUT2D eigenvalue weighted by molar-refractivity contribution is 5.87. The summed E-state index contributed by atoms with van der Waals surface area (Å²) in [5.74, 6) is 3.56. The van der Waals surface area contributed by atoms with E-state index in [2.05, 4.69) is 68.2 Å². The molecule has 3 aromatic rings. The largest absolute Gasteiger partial charge is 0.359 e. The molecule has 1 aromatic carbocycles. The molecule has 1 saturated heterocycles. The second kappa shape index (κ2) is 5.85. The number of nitrogens with one attached hydrogen (secondary N) is 1. The molecular formula is C20H23N5. The molecule has 2 fully saturated rings. The van der Waals surface area contributed by atoms with Gasteiger partial charge in [-0.2, -0.15) is 0 Å². The number of likely N-dealkylation sites (tertiary alicyclic amines) is 1. The molecule has 128 valence electrons. The van der Waals surface area contributed by atoms with E-state index < -0.39 is 0 Å². The molecule has 1 aliphatic heterocycles. The summed E-state index contributed by atoms with van der Waals surface area (Å²) in [7, 11) is 2.16. The highest BCUT2D eigenvalue weighted by atomic mass is 15.2. The lowest BCUT2D eigenvalue weighted by atomic mass is 10.2. The summed E-state index contributed by atoms with van der Waals surface area (Å²) >= 11 is 0. The quantitative estimate of drug-likeness (QED) is 0.780. The topological polar surface area (TPSA) is 48.1 Å². The van der Waals surface area contributed by atoms with Crippen LogP contribution in [0.25, 0.3) is 11.0 Å². The van der Waals surface area contributed by atoms with Crippen LogP contribution in [0, 0.1) is 17.8 Å². The minimum absolute atomic E-state index is 0.806. The number of piperidine rings is 1. The summed E-state index contributed by atoms with van der Waals surface area (Å²) in [4.78, 5) is 16.9. The van der Waals surface area contributed by atoms with Crippen molar-refractivity contribution in [3.63, 3.8) is 0 Å². The molecule has 1 aliphatic carbocycles. The summed E-state index contributed by atoms with van der Waals surface area (Å²) in [5.41, 5.74) is 2.34. The number of benzene rings is 1. The third-order valence-electron chi connectivity index (χ3n) is 5.88. The van der Waals surface area contributed by atoms with Gasteiger partial charge < -0.3 is 9.88 Å². The predicted octanol–water partition coefficient (Wildman–Crippen LogP) is 2.77. The maximum Gasteiger partial charge on any atom is 0.142 e. The van der Waals surface area contributed by atoms with Gasteiger partial charge in [0.2, 0.25) is 0 Å². The van der Waals surface area contributed by atoms with Gasteiger partial charge in [0.05, 0.1) is 5.39 Å². The maximum atomic E-state index is 4.51. The molecule has 0 bridgehead atoms. The zero-order chi connectivity index (χ0) is 16.8. The van der Waals surface area contributed by atoms with Gasteiger partial charge in [-0.25, -0.2) is 9.97 Å². The summed E-state index contributed by atoms with van der Waals surface area (Å²) < 4.78 is 0. The number of anilines is 1. The molecule has 3 heterocycles. The number of H-pyrrole nitrogens is 1. The van der Waals surface area contributed by atoms with Gasteiger partial charge in [-0.1, -0.05) is 30.3 Å². The van der Waals surface area contributed by atoms with Crippen LogP contribution in [0.15, 0.2) is 48.9 Å². The Balaban J connectivity index is 1.20. The van der Waals surface area contributed by atoms with E-state index in [0.717, 1.165) is 47.7 Å². The Labute approximate surface area is 147 Å². The average molecular weight is 333 g/mol. The van der Waals surface area contributed by atoms with E-state index in [4.69, 9.17) is 0 Å². The van der Waals surface area contributed by atoms with Crippen molar-refractivity contribution < 1.29 is 0 Å². The molecule has 0 spiro atoms. The van der Waals surface area contributed by atoms with Crippen LogP contribution >= 0.6 is 0 Å². The molecule has 3 atom stereocenters. The summed E-state index contributed by atoms with van der Waals surface area (Å²) in [6, 6.07) is 12.9. The van der Waals surface area contributed by atoms with Gasteiger partial charge in [-0.05, 0) is 29.4 Å². The van der Waals surface area contributed by atoms with Crippen molar-refractivity contribution in [2.75, 3.05) is 31.6 Å². The molecule has 2 aromatic heterocycles. The molecule has 2 aliphatic rings. The normalized spacial score (nSPS) is 25.2. The lowest BCUT2D eigenvalue weighted by Crippen LogP contribution is -2.29. The second-order valence-electron chi connectivity index (χ2n) is 7.49. The van der Waals surface area contributed by atoms with Crippen molar-refractivity contribution in [1.29, 1.82) is 0 Å². The number of fused-ring (bicyclic) bond motifs is 2. The predicted molar refractivity (Wildman–Crippen MR) is 99.3 cm³/mol. The van der Waals surface area contributed by atoms with Crippen molar-refractivity contribution in [2.45, 2.75) is 6.54 Å². The highest BCUT2D eigenvalue weighted by Crippen LogP contribution is 2.52. The van der Waals surface area contributed by atoms with Gasteiger partial charge >= 0.3 is 0 Å². The van der Waals surface area contributed by atoms with Gasteiger partial charge in [-0.3, -0.25) is 4.90 Å². The Morgan fingerprint density at radius 1 is 1.12 bits per heavy atom. The lowest BCUT2D eigenvalue weighted by Gasteiger charge is -2.23. The van der Waals surface area contributed by atoms with Crippen LogP contribution in [0.2, 0.25) is 0 Å². The number of rotatable bonds is 5. The van der Waals surface area contributed by atoms with Crippen LogP contribution in [0.3, 0.4) is 0 Å². The molecule has 0 radical (unpaired) electrons. The molecular weight excluding hydrogens is 310 g/mol. The molecule has 2 unspecified atom stereocenters. The van der Waals surface area contributed by atoms with Crippen LogP contribution in [0.5, 0.6) is 0 Å². The van der Waals surface area contributed by atoms with E-state index >= 15 is 0 Å². The Morgan fingerprint density at radius 2 is 1.92 bits per heavy atom. The summed E-state index contributed by atoms with van der Waals surface area (Å²) in [6.07, 6.45) is 3.59. The van der Waals surface area contributed by atoms with Gasteiger partial charge in [0.25, 0.3) is 0 Å². The molecule has 1 saturated carbocycles. The Bertz CT molecular complexity index is 862. The second-order valence-corrected chi connectivity index (χ2v) is 7.49. The van der Waals surface area contributed by atoms with Crippen LogP contribution in [-0.4, -0.2) is 46.5 Å². The minimum Gasteiger partial charge on any atom is -0.359 e. The third kappa shape index (κ3) is 2.68. The first-order valence-electron chi connectivity index (χ1n) is 9.05. The number of hydrogen-bond donors (Lipinski definition) is 1. The monoisotopic (exact) mass is 333 g/mol. The van der Waals surface area contributed by atoms with Crippen LogP contribution in [0.4, 0.5) is 5.82 Å². The highest BCUT2D eigenvalue weighted by Gasteiger charge is 2.55. The Hall–Kier alpha value is -2.40. The fraction of sp³-hybridized carbons (Fsp3) is 0.400. The van der Waals surface area contributed by atoms with E-state index in [1.165, 1.54) is 18.7 Å². The number of hydrogen-bond acceptors (Lipinski definition) is 4. The molecule has 1 N–H and O–H groups in total. The van der Waals surface area contributed by atoms with Gasteiger partial charge in [0.15, 0.2) is 0 Å². The zero-order valence-corrected chi connectivity index (χ0v) is 14.5. The summed E-state index contributed by atoms with van der Waals surface area (Å²) in [5, 5.41) is 1.11. The van der Waals surface area contributed by atoms with Crippen molar-refractivity contribution in [1.82, 2.24) is 19.9 Å². The molecule has 5 heteroatoms. The van der Waals surface area contributed by atoms with Crippen molar-refractivity contribution in [3.8, 4) is 0 Å². The van der Waals surface area contributed by atoms with Crippen LogP contribution < -0.4 is 4.90 Å². The minimum atomic E-state index is 0.806. The van der Waals surface area contributed by atoms with E-state index in [1.807, 2.05) is 6.20 Å². The van der Waals surface area contributed by atoms with Gasteiger partial charge in [-0.15, -0.1) is 0 Å².